The summed E-state index contributed by atoms with van der Waals surface area (Å²) in [5.41, 5.74) is 0. The Morgan fingerprint density at radius 1 is 1.19 bits per heavy atom. The first-order valence-corrected chi connectivity index (χ1v) is 8.65. The van der Waals surface area contributed by atoms with Crippen molar-refractivity contribution in [2.75, 3.05) is 19.6 Å². The molecule has 0 aromatic rings. The fourth-order valence-corrected chi connectivity index (χ4v) is 3.59. The fourth-order valence-electron chi connectivity index (χ4n) is 3.59. The van der Waals surface area contributed by atoms with Crippen LogP contribution >= 0.6 is 0 Å². The molecule has 5 heteroatoms. The third-order valence-corrected chi connectivity index (χ3v) is 4.94. The predicted molar refractivity (Wildman–Crippen MR) is 84.3 cm³/mol. The molecular weight excluding hydrogens is 266 g/mol. The van der Waals surface area contributed by atoms with Crippen molar-refractivity contribution in [3.05, 3.63) is 0 Å². The number of nitrogens with one attached hydrogen (secondary N) is 2. The number of nitrogens with zero attached hydrogens (tertiary/aromatic N) is 1. The Morgan fingerprint density at radius 3 is 2.67 bits per heavy atom. The molecule has 1 aliphatic heterocycles. The van der Waals surface area contributed by atoms with Gasteiger partial charge in [-0.25, -0.2) is 4.79 Å². The SMILES string of the molecule is CCC1CCCCN1CCNC(=O)NC1CCC(O)CC1. The standard InChI is InChI=1S/C16H31N3O2/c1-2-14-5-3-4-11-19(14)12-10-17-16(21)18-13-6-8-15(20)9-7-13/h13-15,20H,2-12H2,1H3,(H2,17,18,21). The fraction of sp³-hybridized carbons (Fsp3) is 0.938. The minimum absolute atomic E-state index is 0.0542. The summed E-state index contributed by atoms with van der Waals surface area (Å²) >= 11 is 0. The molecule has 21 heavy (non-hydrogen) atoms. The van der Waals surface area contributed by atoms with E-state index < -0.39 is 0 Å². The van der Waals surface area contributed by atoms with E-state index in [-0.39, 0.29) is 18.2 Å². The van der Waals surface area contributed by atoms with E-state index in [4.69, 9.17) is 0 Å². The summed E-state index contributed by atoms with van der Waals surface area (Å²) in [6, 6.07) is 0.872. The molecule has 122 valence electrons. The van der Waals surface area contributed by atoms with E-state index in [1.165, 1.54) is 32.2 Å². The Kier molecular flexibility index (Phi) is 6.77. The van der Waals surface area contributed by atoms with Crippen LogP contribution in [0, 0.1) is 0 Å². The van der Waals surface area contributed by atoms with Crippen molar-refractivity contribution in [3.63, 3.8) is 0 Å². The molecule has 2 rings (SSSR count). The topological polar surface area (TPSA) is 64.6 Å². The molecule has 3 N–H and O–H groups in total. The van der Waals surface area contributed by atoms with Crippen LogP contribution in [0.2, 0.25) is 0 Å². The van der Waals surface area contributed by atoms with Gasteiger partial charge in [0.15, 0.2) is 0 Å². The maximum Gasteiger partial charge on any atom is 0.315 e. The van der Waals surface area contributed by atoms with Crippen LogP contribution in [-0.2, 0) is 0 Å². The Bertz CT molecular complexity index is 317. The smallest absolute Gasteiger partial charge is 0.315 e. The van der Waals surface area contributed by atoms with Crippen molar-refractivity contribution in [2.45, 2.75) is 76.5 Å². The van der Waals surface area contributed by atoms with Gasteiger partial charge in [-0.15, -0.1) is 0 Å². The number of piperidine rings is 1. The molecule has 1 atom stereocenters. The molecule has 0 radical (unpaired) electrons. The van der Waals surface area contributed by atoms with Gasteiger partial charge < -0.3 is 15.7 Å². The number of rotatable bonds is 5. The second-order valence-electron chi connectivity index (χ2n) is 6.50. The molecule has 0 aromatic heterocycles. The highest BCUT2D eigenvalue weighted by atomic mass is 16.3. The Labute approximate surface area is 128 Å². The largest absolute Gasteiger partial charge is 0.393 e. The molecule has 0 spiro atoms. The average molecular weight is 297 g/mol. The van der Waals surface area contributed by atoms with Crippen LogP contribution in [0.5, 0.6) is 0 Å². The van der Waals surface area contributed by atoms with Crippen molar-refractivity contribution in [3.8, 4) is 0 Å². The maximum absolute atomic E-state index is 11.9. The van der Waals surface area contributed by atoms with Gasteiger partial charge in [-0.2, -0.15) is 0 Å². The van der Waals surface area contributed by atoms with Gasteiger partial charge in [-0.05, 0) is 51.5 Å². The summed E-state index contributed by atoms with van der Waals surface area (Å²) in [4.78, 5) is 14.4. The summed E-state index contributed by atoms with van der Waals surface area (Å²) < 4.78 is 0. The van der Waals surface area contributed by atoms with E-state index in [1.807, 2.05) is 0 Å². The molecule has 1 saturated carbocycles. The van der Waals surface area contributed by atoms with Gasteiger partial charge in [-0.3, -0.25) is 4.90 Å². The lowest BCUT2D eigenvalue weighted by Crippen LogP contribution is -2.48. The Balaban J connectivity index is 1.60. The van der Waals surface area contributed by atoms with Crippen LogP contribution in [0.15, 0.2) is 0 Å². The molecule has 1 aliphatic carbocycles. The molecule has 5 nitrogen and oxygen atoms in total. The Morgan fingerprint density at radius 2 is 1.95 bits per heavy atom. The highest BCUT2D eigenvalue weighted by Gasteiger charge is 2.22. The van der Waals surface area contributed by atoms with Crippen molar-refractivity contribution in [1.29, 1.82) is 0 Å². The maximum atomic E-state index is 11.9. The lowest BCUT2D eigenvalue weighted by molar-refractivity contribution is 0.117. The van der Waals surface area contributed by atoms with E-state index in [1.54, 1.807) is 0 Å². The number of urea groups is 1. The zero-order valence-corrected chi connectivity index (χ0v) is 13.3. The van der Waals surface area contributed by atoms with Crippen molar-refractivity contribution in [2.24, 2.45) is 0 Å². The number of amides is 2. The zero-order valence-electron chi connectivity index (χ0n) is 13.3. The summed E-state index contributed by atoms with van der Waals surface area (Å²) in [5.74, 6) is 0. The summed E-state index contributed by atoms with van der Waals surface area (Å²) in [6.07, 6.45) is 8.34. The molecule has 1 heterocycles. The van der Waals surface area contributed by atoms with Gasteiger partial charge in [-0.1, -0.05) is 13.3 Å². The molecule has 2 fully saturated rings. The lowest BCUT2D eigenvalue weighted by Gasteiger charge is -2.35. The zero-order chi connectivity index (χ0) is 15.1. The van der Waals surface area contributed by atoms with Crippen LogP contribution in [0.3, 0.4) is 0 Å². The number of hydrogen-bond acceptors (Lipinski definition) is 3. The van der Waals surface area contributed by atoms with E-state index >= 15 is 0 Å². The second-order valence-corrected chi connectivity index (χ2v) is 6.50. The second kappa shape index (κ2) is 8.59. The van der Waals surface area contributed by atoms with E-state index in [0.29, 0.717) is 6.04 Å². The van der Waals surface area contributed by atoms with Gasteiger partial charge >= 0.3 is 6.03 Å². The third kappa shape index (κ3) is 5.47. The first-order valence-electron chi connectivity index (χ1n) is 8.65. The molecular formula is C16H31N3O2. The van der Waals surface area contributed by atoms with Crippen molar-refractivity contribution < 1.29 is 9.90 Å². The van der Waals surface area contributed by atoms with Crippen LogP contribution in [0.1, 0.15) is 58.3 Å². The summed E-state index contributed by atoms with van der Waals surface area (Å²) in [5, 5.41) is 15.5. The average Bonchev–Trinajstić information content (AvgIpc) is 2.50. The molecule has 2 amide bonds. The van der Waals surface area contributed by atoms with E-state index in [9.17, 15) is 9.90 Å². The number of likely N-dealkylation sites (tertiary alicyclic amines) is 1. The van der Waals surface area contributed by atoms with Crippen molar-refractivity contribution >= 4 is 6.03 Å². The number of aliphatic hydroxyl groups is 1. The highest BCUT2D eigenvalue weighted by molar-refractivity contribution is 5.74. The monoisotopic (exact) mass is 297 g/mol. The summed E-state index contributed by atoms with van der Waals surface area (Å²) in [7, 11) is 0. The molecule has 0 bridgehead atoms. The van der Waals surface area contributed by atoms with E-state index in [0.717, 1.165) is 38.8 Å². The van der Waals surface area contributed by atoms with Gasteiger partial charge in [0.05, 0.1) is 6.10 Å². The number of hydrogen-bond donors (Lipinski definition) is 3. The first-order chi connectivity index (χ1) is 10.2. The normalized spacial score (nSPS) is 30.9. The van der Waals surface area contributed by atoms with Crippen molar-refractivity contribution in [1.82, 2.24) is 15.5 Å². The molecule has 2 aliphatic rings. The third-order valence-electron chi connectivity index (χ3n) is 4.94. The molecule has 0 aromatic carbocycles. The lowest BCUT2D eigenvalue weighted by atomic mass is 9.93. The Hall–Kier alpha value is -0.810. The minimum Gasteiger partial charge on any atom is -0.393 e. The highest BCUT2D eigenvalue weighted by Crippen LogP contribution is 2.19. The molecule has 1 saturated heterocycles. The number of aliphatic hydroxyl groups excluding tert-OH is 1. The van der Waals surface area contributed by atoms with Crippen LogP contribution in [-0.4, -0.2) is 53.9 Å². The number of carbonyl (C=O) groups is 1. The predicted octanol–water partition coefficient (Wildman–Crippen LogP) is 1.85. The van der Waals surface area contributed by atoms with Gasteiger partial charge in [0.1, 0.15) is 0 Å². The van der Waals surface area contributed by atoms with Gasteiger partial charge in [0.25, 0.3) is 0 Å². The van der Waals surface area contributed by atoms with Crippen LogP contribution < -0.4 is 10.6 Å². The number of carbonyl (C=O) groups excluding carboxylic acids is 1. The van der Waals surface area contributed by atoms with E-state index in [2.05, 4.69) is 22.5 Å². The molecule has 1 unspecified atom stereocenters. The van der Waals surface area contributed by atoms with Gasteiger partial charge in [0.2, 0.25) is 0 Å². The summed E-state index contributed by atoms with van der Waals surface area (Å²) in [6.45, 7) is 5.09. The quantitative estimate of drug-likeness (QED) is 0.725. The minimum atomic E-state index is -0.170. The first kappa shape index (κ1) is 16.6. The van der Waals surface area contributed by atoms with Crippen LogP contribution in [0.4, 0.5) is 4.79 Å². The van der Waals surface area contributed by atoms with Gasteiger partial charge in [0, 0.05) is 25.2 Å². The van der Waals surface area contributed by atoms with Crippen LogP contribution in [0.25, 0.3) is 0 Å².